The fraction of sp³-hybridized carbons (Fsp3) is 0.588. The van der Waals surface area contributed by atoms with Crippen molar-refractivity contribution in [3.63, 3.8) is 0 Å². The van der Waals surface area contributed by atoms with Crippen molar-refractivity contribution in [2.24, 2.45) is 32.6 Å². The molecule has 2 unspecified atom stereocenters. The Morgan fingerprint density at radius 2 is 1.09 bits per heavy atom. The van der Waals surface area contributed by atoms with Crippen LogP contribution in [-0.4, -0.2) is 72.2 Å². The second kappa shape index (κ2) is 18.6. The SMILES string of the molecule is CC(=O)N[C@](C)(CCc1cccn1C)COC(C)=O.Cn1cccc1CCC(C)(N)CO.Cn1cccc1CCC(C)(N)CO. The minimum atomic E-state index is -0.540. The molecule has 11 nitrogen and oxygen atoms in total. The van der Waals surface area contributed by atoms with Crippen molar-refractivity contribution >= 4 is 11.9 Å². The summed E-state index contributed by atoms with van der Waals surface area (Å²) in [5.74, 6) is -0.461. The zero-order valence-corrected chi connectivity index (χ0v) is 28.7. The highest BCUT2D eigenvalue weighted by atomic mass is 16.5. The first-order valence-corrected chi connectivity index (χ1v) is 15.4. The number of hydrogen-bond donors (Lipinski definition) is 5. The molecule has 3 aromatic heterocycles. The molecule has 0 aliphatic rings. The lowest BCUT2D eigenvalue weighted by Crippen LogP contribution is -2.49. The van der Waals surface area contributed by atoms with E-state index in [1.165, 1.54) is 30.9 Å². The number of aryl methyl sites for hydroxylation is 6. The van der Waals surface area contributed by atoms with Crippen molar-refractivity contribution in [3.05, 3.63) is 72.1 Å². The molecule has 0 aliphatic heterocycles. The Morgan fingerprint density at radius 1 is 0.733 bits per heavy atom. The predicted molar refractivity (Wildman–Crippen MR) is 179 cm³/mol. The van der Waals surface area contributed by atoms with E-state index in [2.05, 4.69) is 26.6 Å². The van der Waals surface area contributed by atoms with Crippen molar-refractivity contribution in [3.8, 4) is 0 Å². The van der Waals surface area contributed by atoms with Gasteiger partial charge in [0, 0.05) is 81.7 Å². The molecule has 11 heteroatoms. The maximum absolute atomic E-state index is 11.3. The van der Waals surface area contributed by atoms with E-state index in [1.54, 1.807) is 0 Å². The van der Waals surface area contributed by atoms with Crippen LogP contribution in [0.1, 0.15) is 71.0 Å². The highest BCUT2D eigenvalue weighted by Crippen LogP contribution is 2.16. The van der Waals surface area contributed by atoms with E-state index in [9.17, 15) is 9.59 Å². The Morgan fingerprint density at radius 3 is 1.36 bits per heavy atom. The van der Waals surface area contributed by atoms with E-state index in [-0.39, 0.29) is 31.7 Å². The lowest BCUT2D eigenvalue weighted by atomic mass is 9.95. The van der Waals surface area contributed by atoms with E-state index >= 15 is 0 Å². The standard InChI is InChI=1S/C14H22N2O3.2C10H18N2O/c1-11(17)15-14(3,10-19-12(2)18)8-7-13-6-5-9-16(13)4;2*1-10(11,8-13)6-5-9-4-3-7-12(9)2/h5-6,9H,7-8,10H2,1-4H3,(H,15,17);2*3-4,7,13H,5-6,8,11H2,1-2H3/t14-;;/m1../s1. The first-order valence-electron chi connectivity index (χ1n) is 15.4. The third-order valence-corrected chi connectivity index (χ3v) is 7.79. The summed E-state index contributed by atoms with van der Waals surface area (Å²) in [7, 11) is 6.02. The van der Waals surface area contributed by atoms with Crippen LogP contribution in [0.3, 0.4) is 0 Å². The number of aliphatic hydroxyl groups is 2. The average molecular weight is 631 g/mol. The van der Waals surface area contributed by atoms with E-state index in [4.69, 9.17) is 26.4 Å². The molecule has 0 saturated carbocycles. The van der Waals surface area contributed by atoms with Gasteiger partial charge in [-0.2, -0.15) is 0 Å². The quantitative estimate of drug-likeness (QED) is 0.171. The second-order valence-corrected chi connectivity index (χ2v) is 13.0. The van der Waals surface area contributed by atoms with Crippen LogP contribution in [0.2, 0.25) is 0 Å². The Bertz CT molecular complexity index is 1240. The van der Waals surface area contributed by atoms with Gasteiger partial charge in [0.05, 0.1) is 18.8 Å². The van der Waals surface area contributed by atoms with Gasteiger partial charge in [0.25, 0.3) is 0 Å². The molecule has 3 atom stereocenters. The van der Waals surface area contributed by atoms with Crippen molar-refractivity contribution in [1.82, 2.24) is 19.0 Å². The number of nitrogens with zero attached hydrogens (tertiary/aromatic N) is 3. The van der Waals surface area contributed by atoms with Crippen LogP contribution < -0.4 is 16.8 Å². The van der Waals surface area contributed by atoms with Gasteiger partial charge in [-0.25, -0.2) is 0 Å². The molecule has 254 valence electrons. The van der Waals surface area contributed by atoms with Gasteiger partial charge in [-0.15, -0.1) is 0 Å². The van der Waals surface area contributed by atoms with Crippen LogP contribution in [0.15, 0.2) is 55.0 Å². The number of aromatic nitrogens is 3. The number of hydrogen-bond acceptors (Lipinski definition) is 7. The zero-order chi connectivity index (χ0) is 34.3. The Kier molecular flexibility index (Phi) is 16.3. The lowest BCUT2D eigenvalue weighted by molar-refractivity contribution is -0.144. The lowest BCUT2D eigenvalue weighted by Gasteiger charge is -2.29. The van der Waals surface area contributed by atoms with E-state index in [1.807, 2.05) is 89.3 Å². The fourth-order valence-corrected chi connectivity index (χ4v) is 4.51. The van der Waals surface area contributed by atoms with Crippen molar-refractivity contribution in [2.45, 2.75) is 89.8 Å². The molecular formula is C34H58N6O5. The monoisotopic (exact) mass is 630 g/mol. The maximum Gasteiger partial charge on any atom is 0.302 e. The van der Waals surface area contributed by atoms with Crippen LogP contribution in [0.25, 0.3) is 0 Å². The molecule has 0 fully saturated rings. The van der Waals surface area contributed by atoms with Gasteiger partial charge in [-0.1, -0.05) is 0 Å². The zero-order valence-electron chi connectivity index (χ0n) is 28.7. The third-order valence-electron chi connectivity index (χ3n) is 7.79. The van der Waals surface area contributed by atoms with E-state index in [0.29, 0.717) is 6.42 Å². The summed E-state index contributed by atoms with van der Waals surface area (Å²) in [5.41, 5.74) is 13.9. The number of nitrogens with two attached hydrogens (primary N) is 2. The molecule has 1 amide bonds. The van der Waals surface area contributed by atoms with Gasteiger partial charge < -0.3 is 45.4 Å². The summed E-state index contributed by atoms with van der Waals surface area (Å²) in [6.45, 7) is 8.73. The minimum Gasteiger partial charge on any atom is -0.463 e. The molecule has 0 spiro atoms. The molecule has 0 aliphatic carbocycles. The number of carbonyl (C=O) groups excluding carboxylic acids is 2. The summed E-state index contributed by atoms with van der Waals surface area (Å²) in [5, 5.41) is 20.8. The number of aliphatic hydroxyl groups excluding tert-OH is 2. The van der Waals surface area contributed by atoms with Crippen LogP contribution in [0.4, 0.5) is 0 Å². The number of nitrogens with one attached hydrogen (secondary N) is 1. The minimum absolute atomic E-state index is 0.0391. The largest absolute Gasteiger partial charge is 0.463 e. The fourth-order valence-electron chi connectivity index (χ4n) is 4.51. The number of amides is 1. The summed E-state index contributed by atoms with van der Waals surface area (Å²) >= 11 is 0. The number of esters is 1. The van der Waals surface area contributed by atoms with Crippen molar-refractivity contribution in [2.75, 3.05) is 19.8 Å². The van der Waals surface area contributed by atoms with Gasteiger partial charge in [0.15, 0.2) is 0 Å². The normalized spacial score (nSPS) is 14.8. The van der Waals surface area contributed by atoms with Crippen LogP contribution >= 0.6 is 0 Å². The molecule has 45 heavy (non-hydrogen) atoms. The first kappa shape index (κ1) is 39.6. The molecule has 0 aromatic carbocycles. The van der Waals surface area contributed by atoms with E-state index in [0.717, 1.165) is 32.1 Å². The highest BCUT2D eigenvalue weighted by Gasteiger charge is 2.27. The second-order valence-electron chi connectivity index (χ2n) is 13.0. The molecule has 0 bridgehead atoms. The molecule has 0 radical (unpaired) electrons. The Balaban J connectivity index is 0.000000347. The summed E-state index contributed by atoms with van der Waals surface area (Å²) in [6, 6.07) is 12.2. The Labute approximate surface area is 269 Å². The third kappa shape index (κ3) is 16.0. The predicted octanol–water partition coefficient (Wildman–Crippen LogP) is 2.75. The van der Waals surface area contributed by atoms with Crippen molar-refractivity contribution in [1.29, 1.82) is 0 Å². The number of ether oxygens (including phenoxy) is 1. The average Bonchev–Trinajstić information content (AvgIpc) is 3.70. The van der Waals surface area contributed by atoms with Gasteiger partial charge in [-0.05, 0) is 95.7 Å². The van der Waals surface area contributed by atoms with Gasteiger partial charge in [0.2, 0.25) is 5.91 Å². The topological polar surface area (TPSA) is 163 Å². The molecule has 3 rings (SSSR count). The van der Waals surface area contributed by atoms with Gasteiger partial charge in [-0.3, -0.25) is 9.59 Å². The highest BCUT2D eigenvalue weighted by molar-refractivity contribution is 5.74. The number of rotatable bonds is 14. The molecule has 3 aromatic rings. The van der Waals surface area contributed by atoms with Crippen molar-refractivity contribution < 1.29 is 24.5 Å². The van der Waals surface area contributed by atoms with E-state index < -0.39 is 16.6 Å². The number of carbonyl (C=O) groups is 2. The van der Waals surface area contributed by atoms with Crippen LogP contribution in [0, 0.1) is 0 Å². The van der Waals surface area contributed by atoms with Crippen LogP contribution in [0.5, 0.6) is 0 Å². The summed E-state index contributed by atoms with van der Waals surface area (Å²) < 4.78 is 11.2. The first-order chi connectivity index (χ1) is 20.9. The van der Waals surface area contributed by atoms with Gasteiger partial charge >= 0.3 is 5.97 Å². The van der Waals surface area contributed by atoms with Gasteiger partial charge in [0.1, 0.15) is 6.61 Å². The molecule has 3 heterocycles. The molecule has 7 N–H and O–H groups in total. The maximum atomic E-state index is 11.3. The summed E-state index contributed by atoms with van der Waals surface area (Å²) in [4.78, 5) is 22.2. The molecule has 0 saturated heterocycles. The van der Waals surface area contributed by atoms with Crippen LogP contribution in [-0.2, 0) is 54.7 Å². The Hall–Kier alpha value is -3.38. The smallest absolute Gasteiger partial charge is 0.302 e. The summed E-state index contributed by atoms with van der Waals surface area (Å²) in [6.07, 6.45) is 11.0. The molecular weight excluding hydrogens is 572 g/mol.